The van der Waals surface area contributed by atoms with E-state index in [1.54, 1.807) is 12.1 Å². The van der Waals surface area contributed by atoms with Crippen molar-refractivity contribution in [3.8, 4) is 5.75 Å². The minimum atomic E-state index is -1.01. The summed E-state index contributed by atoms with van der Waals surface area (Å²) in [4.78, 5) is 20.8. The van der Waals surface area contributed by atoms with E-state index in [4.69, 9.17) is 21.3 Å². The van der Waals surface area contributed by atoms with E-state index in [-0.39, 0.29) is 12.6 Å². The molecule has 3 aromatic rings. The predicted molar refractivity (Wildman–Crippen MR) is 100 cm³/mol. The Bertz CT molecular complexity index is 961. The minimum Gasteiger partial charge on any atom is -0.482 e. The molecule has 0 radical (unpaired) electrons. The third kappa shape index (κ3) is 3.92. The van der Waals surface area contributed by atoms with Crippen molar-refractivity contribution < 1.29 is 14.6 Å². The quantitative estimate of drug-likeness (QED) is 0.613. The molecule has 8 heteroatoms. The van der Waals surface area contributed by atoms with Crippen molar-refractivity contribution in [3.05, 3.63) is 48.0 Å². The first-order valence-corrected chi connectivity index (χ1v) is 7.90. The van der Waals surface area contributed by atoms with Crippen molar-refractivity contribution in [3.63, 3.8) is 0 Å². The summed E-state index contributed by atoms with van der Waals surface area (Å²) in [5.41, 5.74) is 14.1. The summed E-state index contributed by atoms with van der Waals surface area (Å²) in [5, 5.41) is 9.47. The van der Waals surface area contributed by atoms with Gasteiger partial charge in [-0.2, -0.15) is 4.98 Å². The second kappa shape index (κ2) is 7.14. The summed E-state index contributed by atoms with van der Waals surface area (Å²) in [5.74, 6) is -0.0107. The summed E-state index contributed by atoms with van der Waals surface area (Å²) in [7, 11) is 1.93. The predicted octanol–water partition coefficient (Wildman–Crippen LogP) is 1.89. The Balaban J connectivity index is 1.79. The van der Waals surface area contributed by atoms with Crippen LogP contribution in [-0.2, 0) is 11.3 Å². The largest absolute Gasteiger partial charge is 0.482 e. The number of carboxylic acid groups (broad SMARTS) is 1. The number of fused-ring (bicyclic) bond motifs is 1. The normalized spacial score (nSPS) is 10.7. The van der Waals surface area contributed by atoms with Crippen LogP contribution in [0.1, 0.15) is 5.56 Å². The third-order valence-electron chi connectivity index (χ3n) is 3.85. The number of benzene rings is 2. The molecule has 0 saturated heterocycles. The first-order valence-electron chi connectivity index (χ1n) is 7.90. The minimum absolute atomic E-state index is 0.142. The van der Waals surface area contributed by atoms with E-state index in [0.717, 1.165) is 16.6 Å². The highest BCUT2D eigenvalue weighted by Crippen LogP contribution is 2.24. The number of nitrogen functional groups attached to an aromatic ring is 2. The molecule has 0 aliphatic heterocycles. The number of nitrogens with two attached hydrogens (primary N) is 2. The lowest BCUT2D eigenvalue weighted by molar-refractivity contribution is -0.139. The molecule has 0 bridgehead atoms. The number of anilines is 3. The first kappa shape index (κ1) is 17.3. The molecule has 26 heavy (non-hydrogen) atoms. The topological polar surface area (TPSA) is 128 Å². The molecule has 0 fully saturated rings. The van der Waals surface area contributed by atoms with Crippen molar-refractivity contribution in [2.45, 2.75) is 6.54 Å². The molecule has 134 valence electrons. The van der Waals surface area contributed by atoms with Crippen LogP contribution >= 0.6 is 0 Å². The summed E-state index contributed by atoms with van der Waals surface area (Å²) < 4.78 is 5.22. The number of carboxylic acids is 1. The molecule has 8 nitrogen and oxygen atoms in total. The molecule has 0 aliphatic carbocycles. The number of carbonyl (C=O) groups is 1. The van der Waals surface area contributed by atoms with Gasteiger partial charge in [-0.05, 0) is 29.8 Å². The van der Waals surface area contributed by atoms with Crippen LogP contribution in [0.4, 0.5) is 17.5 Å². The molecule has 1 heterocycles. The smallest absolute Gasteiger partial charge is 0.341 e. The molecule has 0 amide bonds. The Morgan fingerprint density at radius 1 is 1.19 bits per heavy atom. The van der Waals surface area contributed by atoms with Crippen LogP contribution < -0.4 is 21.1 Å². The second-order valence-corrected chi connectivity index (χ2v) is 5.85. The van der Waals surface area contributed by atoms with Gasteiger partial charge in [-0.1, -0.05) is 12.1 Å². The average molecular weight is 353 g/mol. The van der Waals surface area contributed by atoms with Gasteiger partial charge in [0.1, 0.15) is 11.6 Å². The number of aliphatic carboxylic acids is 1. The van der Waals surface area contributed by atoms with Gasteiger partial charge in [-0.25, -0.2) is 9.78 Å². The van der Waals surface area contributed by atoms with Crippen LogP contribution in [0.2, 0.25) is 0 Å². The fourth-order valence-electron chi connectivity index (χ4n) is 2.64. The molecule has 2 aromatic carbocycles. The second-order valence-electron chi connectivity index (χ2n) is 5.85. The molecular formula is C18H19N5O3. The van der Waals surface area contributed by atoms with E-state index in [0.29, 0.717) is 23.6 Å². The molecule has 3 rings (SSSR count). The lowest BCUT2D eigenvalue weighted by Crippen LogP contribution is -2.16. The Morgan fingerprint density at radius 2 is 2.00 bits per heavy atom. The van der Waals surface area contributed by atoms with Crippen molar-refractivity contribution >= 4 is 34.3 Å². The van der Waals surface area contributed by atoms with Gasteiger partial charge >= 0.3 is 5.97 Å². The van der Waals surface area contributed by atoms with Crippen LogP contribution in [0, 0.1) is 0 Å². The van der Waals surface area contributed by atoms with Gasteiger partial charge in [0.15, 0.2) is 6.61 Å². The maximum absolute atomic E-state index is 10.6. The van der Waals surface area contributed by atoms with Gasteiger partial charge in [0.25, 0.3) is 0 Å². The fourth-order valence-corrected chi connectivity index (χ4v) is 2.64. The number of ether oxygens (including phenoxy) is 1. The van der Waals surface area contributed by atoms with Gasteiger partial charge in [-0.15, -0.1) is 0 Å². The highest BCUT2D eigenvalue weighted by atomic mass is 16.5. The van der Waals surface area contributed by atoms with Crippen LogP contribution in [0.3, 0.4) is 0 Å². The van der Waals surface area contributed by atoms with E-state index in [9.17, 15) is 4.79 Å². The highest BCUT2D eigenvalue weighted by Gasteiger charge is 2.08. The maximum atomic E-state index is 10.6. The monoisotopic (exact) mass is 353 g/mol. The van der Waals surface area contributed by atoms with Crippen molar-refractivity contribution in [2.75, 3.05) is 30.0 Å². The highest BCUT2D eigenvalue weighted by molar-refractivity contribution is 5.89. The van der Waals surface area contributed by atoms with Crippen LogP contribution in [-0.4, -0.2) is 34.7 Å². The number of nitrogens with zero attached hydrogens (tertiary/aromatic N) is 3. The number of hydrogen-bond acceptors (Lipinski definition) is 7. The molecule has 5 N–H and O–H groups in total. The van der Waals surface area contributed by atoms with E-state index in [1.165, 1.54) is 0 Å². The lowest BCUT2D eigenvalue weighted by Gasteiger charge is -2.20. The zero-order valence-corrected chi connectivity index (χ0v) is 14.2. The van der Waals surface area contributed by atoms with Gasteiger partial charge in [0.2, 0.25) is 5.95 Å². The fraction of sp³-hybridized carbons (Fsp3) is 0.167. The van der Waals surface area contributed by atoms with Crippen LogP contribution in [0.5, 0.6) is 5.75 Å². The molecule has 0 spiro atoms. The van der Waals surface area contributed by atoms with Gasteiger partial charge in [0, 0.05) is 30.7 Å². The number of hydrogen-bond donors (Lipinski definition) is 3. The SMILES string of the molecule is CN(Cc1ccc2c(N)nc(N)nc2c1)c1cccc(OCC(=O)O)c1. The first-order chi connectivity index (χ1) is 12.4. The Morgan fingerprint density at radius 3 is 2.77 bits per heavy atom. The third-order valence-corrected chi connectivity index (χ3v) is 3.85. The van der Waals surface area contributed by atoms with E-state index >= 15 is 0 Å². The van der Waals surface area contributed by atoms with Crippen molar-refractivity contribution in [1.29, 1.82) is 0 Å². The zero-order chi connectivity index (χ0) is 18.7. The Kier molecular flexibility index (Phi) is 4.74. The Labute approximate surface area is 150 Å². The summed E-state index contributed by atoms with van der Waals surface area (Å²) >= 11 is 0. The molecular weight excluding hydrogens is 334 g/mol. The standard InChI is InChI=1S/C18H19N5O3/c1-23(12-3-2-4-13(8-12)26-10-16(24)25)9-11-5-6-14-15(7-11)21-18(20)22-17(14)19/h2-8H,9-10H2,1H3,(H,24,25)(H4,19,20,21,22). The Hall–Kier alpha value is -3.55. The van der Waals surface area contributed by atoms with E-state index in [1.807, 2.05) is 42.3 Å². The van der Waals surface area contributed by atoms with Crippen molar-refractivity contribution in [2.24, 2.45) is 0 Å². The lowest BCUT2D eigenvalue weighted by atomic mass is 10.1. The van der Waals surface area contributed by atoms with E-state index < -0.39 is 5.97 Å². The number of rotatable bonds is 6. The van der Waals surface area contributed by atoms with Gasteiger partial charge in [0.05, 0.1) is 5.52 Å². The molecule has 1 aromatic heterocycles. The van der Waals surface area contributed by atoms with Gasteiger partial charge in [-0.3, -0.25) is 0 Å². The van der Waals surface area contributed by atoms with Crippen LogP contribution in [0.15, 0.2) is 42.5 Å². The summed E-state index contributed by atoms with van der Waals surface area (Å²) in [6, 6.07) is 13.0. The summed E-state index contributed by atoms with van der Waals surface area (Å²) in [6.07, 6.45) is 0. The molecule has 0 atom stereocenters. The van der Waals surface area contributed by atoms with Crippen LogP contribution in [0.25, 0.3) is 10.9 Å². The molecule has 0 aliphatic rings. The van der Waals surface area contributed by atoms with E-state index in [2.05, 4.69) is 9.97 Å². The molecule has 0 saturated carbocycles. The van der Waals surface area contributed by atoms with Crippen molar-refractivity contribution in [1.82, 2.24) is 9.97 Å². The van der Waals surface area contributed by atoms with Gasteiger partial charge < -0.3 is 26.2 Å². The number of aromatic nitrogens is 2. The molecule has 0 unspecified atom stereocenters. The average Bonchev–Trinajstić information content (AvgIpc) is 2.59. The zero-order valence-electron chi connectivity index (χ0n) is 14.2. The maximum Gasteiger partial charge on any atom is 0.341 e. The summed E-state index contributed by atoms with van der Waals surface area (Å²) in [6.45, 7) is 0.239.